The Kier molecular flexibility index (Phi) is 15.5. The molecule has 3 saturated carbocycles. The van der Waals surface area contributed by atoms with E-state index in [4.69, 9.17) is 4.74 Å². The van der Waals surface area contributed by atoms with Crippen molar-refractivity contribution in [2.45, 2.75) is 202 Å². The molecule has 0 aromatic carbocycles. The molecular weight excluding hydrogens is 572 g/mol. The van der Waals surface area contributed by atoms with E-state index in [1.807, 2.05) is 0 Å². The molecule has 4 aliphatic carbocycles. The molecule has 0 radical (unpaired) electrons. The Morgan fingerprint density at radius 2 is 1.45 bits per heavy atom. The maximum Gasteiger partial charge on any atom is 0.306 e. The molecule has 0 amide bonds. The van der Waals surface area contributed by atoms with Crippen molar-refractivity contribution in [1.29, 1.82) is 0 Å². The summed E-state index contributed by atoms with van der Waals surface area (Å²) in [5, 5.41) is 0. The third-order valence-corrected chi connectivity index (χ3v) is 14.5. The molecule has 47 heavy (non-hydrogen) atoms. The zero-order valence-electron chi connectivity index (χ0n) is 32.4. The zero-order chi connectivity index (χ0) is 33.9. The number of carbonyl (C=O) groups excluding carboxylic acids is 1. The first kappa shape index (κ1) is 38.7. The normalized spacial score (nSPS) is 33.3. The molecule has 9 atom stereocenters. The fourth-order valence-electron chi connectivity index (χ4n) is 11.4. The molecule has 0 bridgehead atoms. The first-order chi connectivity index (χ1) is 22.6. The first-order valence-electron chi connectivity index (χ1n) is 21.2. The van der Waals surface area contributed by atoms with Gasteiger partial charge in [-0.25, -0.2) is 0 Å². The van der Waals surface area contributed by atoms with Gasteiger partial charge in [0.15, 0.2) is 0 Å². The minimum absolute atomic E-state index is 0.0585. The van der Waals surface area contributed by atoms with Crippen molar-refractivity contribution in [3.63, 3.8) is 0 Å². The predicted octanol–water partition coefficient (Wildman–Crippen LogP) is 13.8. The van der Waals surface area contributed by atoms with Crippen molar-refractivity contribution < 1.29 is 9.53 Å². The Bertz CT molecular complexity index is 992. The molecule has 4 aliphatic rings. The van der Waals surface area contributed by atoms with E-state index in [0.717, 1.165) is 48.9 Å². The lowest BCUT2D eigenvalue weighted by atomic mass is 9.47. The summed E-state index contributed by atoms with van der Waals surface area (Å²) in [5.41, 5.74) is 2.45. The van der Waals surface area contributed by atoms with Crippen molar-refractivity contribution in [2.24, 2.45) is 52.3 Å². The summed E-state index contributed by atoms with van der Waals surface area (Å²) in [6.07, 6.45) is 37.4. The maximum absolute atomic E-state index is 12.8. The molecule has 0 heterocycles. The highest BCUT2D eigenvalue weighted by atomic mass is 16.5. The first-order valence-corrected chi connectivity index (χ1v) is 21.2. The topological polar surface area (TPSA) is 26.3 Å². The van der Waals surface area contributed by atoms with Crippen LogP contribution in [0.25, 0.3) is 0 Å². The van der Waals surface area contributed by atoms with Crippen LogP contribution >= 0.6 is 0 Å². The van der Waals surface area contributed by atoms with E-state index in [1.165, 1.54) is 122 Å². The average molecular weight is 651 g/mol. The lowest BCUT2D eigenvalue weighted by molar-refractivity contribution is -0.151. The van der Waals surface area contributed by atoms with Gasteiger partial charge in [-0.05, 0) is 110 Å². The molecule has 3 fully saturated rings. The third kappa shape index (κ3) is 10.0. The van der Waals surface area contributed by atoms with Crippen LogP contribution in [0, 0.1) is 52.3 Å². The molecule has 0 aliphatic heterocycles. The molecule has 0 saturated heterocycles. The van der Waals surface area contributed by atoms with E-state index in [-0.39, 0.29) is 12.1 Å². The van der Waals surface area contributed by atoms with Gasteiger partial charge in [0, 0.05) is 12.8 Å². The third-order valence-electron chi connectivity index (χ3n) is 14.5. The van der Waals surface area contributed by atoms with E-state index < -0.39 is 0 Å². The van der Waals surface area contributed by atoms with Crippen molar-refractivity contribution >= 4 is 5.97 Å². The van der Waals surface area contributed by atoms with Gasteiger partial charge in [0.2, 0.25) is 0 Å². The maximum atomic E-state index is 12.8. The van der Waals surface area contributed by atoms with Gasteiger partial charge in [-0.15, -0.1) is 0 Å². The summed E-state index contributed by atoms with van der Waals surface area (Å²) in [4.78, 5) is 12.8. The summed E-state index contributed by atoms with van der Waals surface area (Å²) in [6.45, 7) is 17.2. The molecule has 270 valence electrons. The SMILES string of the molecule is CCCCCCCCCCCCCCCC(=O)O[C@H]1CC[C@@]2(C)C(=CC[C@H]3[C@@H]4CC[C@H]([C@H](C)/C=C/[C@@H](CC)C(C)C)[C@@]4(C)CC[C@@H]32)C1. The van der Waals surface area contributed by atoms with Crippen LogP contribution in [0.15, 0.2) is 23.8 Å². The fourth-order valence-corrected chi connectivity index (χ4v) is 11.4. The fraction of sp³-hybridized carbons (Fsp3) is 0.889. The number of hydrogen-bond acceptors (Lipinski definition) is 2. The molecule has 2 nitrogen and oxygen atoms in total. The standard InChI is InChI=1S/C45H78O2/c1-8-10-11-12-13-14-15-16-17-18-19-20-21-22-43(46)47-38-29-31-44(6)37(33-38)25-26-39-41-28-27-40(45(41,7)32-30-42(39)44)35(5)23-24-36(9-2)34(3)4/h23-25,34-36,38-42H,8-22,26-33H2,1-7H3/b24-23+/t35-,36-,38+,39+,40-,41+,42+,44+,45-/m1/s1. The molecule has 4 rings (SSSR count). The van der Waals surface area contributed by atoms with Gasteiger partial charge in [0.1, 0.15) is 6.10 Å². The molecule has 0 N–H and O–H groups in total. The molecule has 2 heteroatoms. The number of carbonyl (C=O) groups is 1. The van der Waals surface area contributed by atoms with Gasteiger partial charge >= 0.3 is 5.97 Å². The number of rotatable bonds is 20. The lowest BCUT2D eigenvalue weighted by Gasteiger charge is -2.58. The highest BCUT2D eigenvalue weighted by Crippen LogP contribution is 2.67. The Morgan fingerprint density at radius 3 is 2.06 bits per heavy atom. The number of fused-ring (bicyclic) bond motifs is 5. The van der Waals surface area contributed by atoms with E-state index >= 15 is 0 Å². The highest BCUT2D eigenvalue weighted by molar-refractivity contribution is 5.69. The molecule has 0 aromatic rings. The number of unbranched alkanes of at least 4 members (excludes halogenated alkanes) is 12. The average Bonchev–Trinajstić information content (AvgIpc) is 3.41. The van der Waals surface area contributed by atoms with Crippen molar-refractivity contribution in [1.82, 2.24) is 0 Å². The summed E-state index contributed by atoms with van der Waals surface area (Å²) in [6, 6.07) is 0. The van der Waals surface area contributed by atoms with Crippen molar-refractivity contribution in [2.75, 3.05) is 0 Å². The molecule has 0 spiro atoms. The number of ether oxygens (including phenoxy) is 1. The minimum Gasteiger partial charge on any atom is -0.462 e. The van der Waals surface area contributed by atoms with Crippen LogP contribution in [-0.2, 0) is 9.53 Å². The Morgan fingerprint density at radius 1 is 0.809 bits per heavy atom. The zero-order valence-corrected chi connectivity index (χ0v) is 32.4. The second-order valence-electron chi connectivity index (χ2n) is 17.9. The van der Waals surface area contributed by atoms with E-state index in [2.05, 4.69) is 66.7 Å². The van der Waals surface area contributed by atoms with Crippen molar-refractivity contribution in [3.05, 3.63) is 23.8 Å². The Labute approximate surface area is 293 Å². The van der Waals surface area contributed by atoms with Crippen LogP contribution in [0.4, 0.5) is 0 Å². The van der Waals surface area contributed by atoms with Gasteiger partial charge in [-0.2, -0.15) is 0 Å². The summed E-state index contributed by atoms with van der Waals surface area (Å²) in [7, 11) is 0. The Hall–Kier alpha value is -1.05. The van der Waals surface area contributed by atoms with Crippen molar-refractivity contribution in [3.8, 4) is 0 Å². The monoisotopic (exact) mass is 651 g/mol. The van der Waals surface area contributed by atoms with Crippen LogP contribution in [-0.4, -0.2) is 12.1 Å². The van der Waals surface area contributed by atoms with E-state index in [9.17, 15) is 4.79 Å². The largest absolute Gasteiger partial charge is 0.462 e. The van der Waals surface area contributed by atoms with Gasteiger partial charge < -0.3 is 4.74 Å². The predicted molar refractivity (Wildman–Crippen MR) is 202 cm³/mol. The quantitative estimate of drug-likeness (QED) is 0.0744. The molecular formula is C45H78O2. The second-order valence-corrected chi connectivity index (χ2v) is 17.9. The van der Waals surface area contributed by atoms with Crippen LogP contribution < -0.4 is 0 Å². The van der Waals surface area contributed by atoms with Crippen LogP contribution in [0.5, 0.6) is 0 Å². The lowest BCUT2D eigenvalue weighted by Crippen LogP contribution is -2.51. The van der Waals surface area contributed by atoms with Gasteiger partial charge in [0.05, 0.1) is 0 Å². The number of allylic oxidation sites excluding steroid dienone is 3. The minimum atomic E-state index is 0.0585. The smallest absolute Gasteiger partial charge is 0.306 e. The number of hydrogen-bond donors (Lipinski definition) is 0. The molecule has 0 aromatic heterocycles. The van der Waals surface area contributed by atoms with E-state index in [1.54, 1.807) is 5.57 Å². The molecule has 0 unspecified atom stereocenters. The summed E-state index contributed by atoms with van der Waals surface area (Å²) >= 11 is 0. The van der Waals surface area contributed by atoms with Crippen LogP contribution in [0.2, 0.25) is 0 Å². The van der Waals surface area contributed by atoms with Gasteiger partial charge in [-0.1, -0.05) is 149 Å². The van der Waals surface area contributed by atoms with Gasteiger partial charge in [0.25, 0.3) is 0 Å². The summed E-state index contributed by atoms with van der Waals surface area (Å²) < 4.78 is 6.13. The van der Waals surface area contributed by atoms with Crippen LogP contribution in [0.3, 0.4) is 0 Å². The second kappa shape index (κ2) is 18.8. The summed E-state index contributed by atoms with van der Waals surface area (Å²) in [5.74, 6) is 5.56. The van der Waals surface area contributed by atoms with E-state index in [0.29, 0.717) is 29.1 Å². The van der Waals surface area contributed by atoms with Crippen LogP contribution in [0.1, 0.15) is 196 Å². The highest BCUT2D eigenvalue weighted by Gasteiger charge is 2.59. The number of esters is 1. The van der Waals surface area contributed by atoms with Gasteiger partial charge in [-0.3, -0.25) is 4.79 Å². The Balaban J connectivity index is 1.17.